The van der Waals surface area contributed by atoms with Crippen molar-refractivity contribution in [1.82, 2.24) is 10.3 Å². The van der Waals surface area contributed by atoms with Gasteiger partial charge < -0.3 is 16.0 Å². The molecule has 0 saturated heterocycles. The Morgan fingerprint density at radius 3 is 2.35 bits per heavy atom. The zero-order valence-electron chi connectivity index (χ0n) is 14.1. The number of benzene rings is 3. The molecule has 1 heterocycles. The molecule has 4 rings (SSSR count). The molecule has 0 fully saturated rings. The first-order valence-electron chi connectivity index (χ1n) is 8.39. The van der Waals surface area contributed by atoms with Crippen LogP contribution in [-0.4, -0.2) is 10.9 Å². The van der Waals surface area contributed by atoms with Gasteiger partial charge in [-0.05, 0) is 47.5 Å². The van der Waals surface area contributed by atoms with E-state index in [1.165, 1.54) is 12.1 Å². The van der Waals surface area contributed by atoms with Gasteiger partial charge in [0.2, 0.25) is 5.91 Å². The molecule has 1 amide bonds. The van der Waals surface area contributed by atoms with E-state index in [1.54, 1.807) is 6.07 Å². The quantitative estimate of drug-likeness (QED) is 0.490. The summed E-state index contributed by atoms with van der Waals surface area (Å²) < 4.78 is 13.4. The van der Waals surface area contributed by atoms with E-state index in [0.717, 1.165) is 32.9 Å². The summed E-state index contributed by atoms with van der Waals surface area (Å²) in [5, 5.41) is 4.90. The van der Waals surface area contributed by atoms with Crippen molar-refractivity contribution < 1.29 is 9.18 Å². The van der Waals surface area contributed by atoms with E-state index in [1.807, 2.05) is 42.5 Å². The van der Waals surface area contributed by atoms with Crippen molar-refractivity contribution in [2.75, 3.05) is 5.73 Å². The highest BCUT2D eigenvalue weighted by atomic mass is 19.1. The number of rotatable bonds is 4. The summed E-state index contributed by atoms with van der Waals surface area (Å²) in [6, 6.07) is 18.0. The minimum absolute atomic E-state index is 0.0525. The molecular weight excluding hydrogens is 329 g/mol. The molecule has 0 aliphatic heterocycles. The van der Waals surface area contributed by atoms with Crippen LogP contribution >= 0.6 is 0 Å². The average Bonchev–Trinajstić information content (AvgIpc) is 2.97. The molecule has 3 aromatic carbocycles. The van der Waals surface area contributed by atoms with E-state index >= 15 is 0 Å². The van der Waals surface area contributed by atoms with Gasteiger partial charge in [-0.3, -0.25) is 4.79 Å². The second-order valence-electron chi connectivity index (χ2n) is 6.39. The Hall–Kier alpha value is -3.34. The molecule has 4 nitrogen and oxygen atoms in total. The van der Waals surface area contributed by atoms with Gasteiger partial charge in [0, 0.05) is 34.0 Å². The minimum atomic E-state index is -0.272. The molecule has 0 saturated carbocycles. The van der Waals surface area contributed by atoms with Crippen molar-refractivity contribution in [3.63, 3.8) is 0 Å². The van der Waals surface area contributed by atoms with Gasteiger partial charge in [-0.25, -0.2) is 4.39 Å². The Morgan fingerprint density at radius 2 is 1.58 bits per heavy atom. The number of nitrogen functional groups attached to an aromatic ring is 1. The van der Waals surface area contributed by atoms with Crippen molar-refractivity contribution in [3.8, 4) is 0 Å². The molecule has 0 spiro atoms. The van der Waals surface area contributed by atoms with Gasteiger partial charge in [0.05, 0.1) is 6.42 Å². The maximum Gasteiger partial charge on any atom is 0.224 e. The van der Waals surface area contributed by atoms with E-state index in [-0.39, 0.29) is 18.1 Å². The van der Waals surface area contributed by atoms with Crippen LogP contribution in [-0.2, 0) is 17.8 Å². The smallest absolute Gasteiger partial charge is 0.224 e. The molecule has 130 valence electrons. The molecule has 0 aliphatic rings. The van der Waals surface area contributed by atoms with Crippen molar-refractivity contribution in [1.29, 1.82) is 0 Å². The number of aromatic nitrogens is 1. The van der Waals surface area contributed by atoms with Gasteiger partial charge in [-0.15, -0.1) is 0 Å². The third-order valence-electron chi connectivity index (χ3n) is 4.46. The lowest BCUT2D eigenvalue weighted by Crippen LogP contribution is -2.24. The zero-order valence-corrected chi connectivity index (χ0v) is 14.1. The number of fused-ring (bicyclic) bond motifs is 3. The van der Waals surface area contributed by atoms with Gasteiger partial charge >= 0.3 is 0 Å². The second-order valence-corrected chi connectivity index (χ2v) is 6.39. The summed E-state index contributed by atoms with van der Waals surface area (Å²) in [7, 11) is 0. The number of halogens is 1. The van der Waals surface area contributed by atoms with Crippen molar-refractivity contribution in [2.45, 2.75) is 13.0 Å². The summed E-state index contributed by atoms with van der Waals surface area (Å²) in [4.78, 5) is 15.4. The molecule has 4 aromatic rings. The molecule has 0 aliphatic carbocycles. The van der Waals surface area contributed by atoms with E-state index in [0.29, 0.717) is 12.2 Å². The second kappa shape index (κ2) is 6.52. The molecule has 5 heteroatoms. The molecular formula is C21H18FN3O. The number of nitrogens with two attached hydrogens (primary N) is 1. The lowest BCUT2D eigenvalue weighted by atomic mass is 10.1. The summed E-state index contributed by atoms with van der Waals surface area (Å²) in [5.74, 6) is -0.324. The van der Waals surface area contributed by atoms with Crippen LogP contribution in [0.4, 0.5) is 10.1 Å². The van der Waals surface area contributed by atoms with Gasteiger partial charge in [0.15, 0.2) is 0 Å². The molecule has 0 unspecified atom stereocenters. The van der Waals surface area contributed by atoms with E-state index in [9.17, 15) is 9.18 Å². The Morgan fingerprint density at radius 1 is 0.923 bits per heavy atom. The summed E-state index contributed by atoms with van der Waals surface area (Å²) in [5.41, 5.74) is 9.91. The van der Waals surface area contributed by atoms with Crippen molar-refractivity contribution in [3.05, 3.63) is 77.6 Å². The summed E-state index contributed by atoms with van der Waals surface area (Å²) in [6.45, 7) is 0.465. The lowest BCUT2D eigenvalue weighted by molar-refractivity contribution is -0.120. The highest BCUT2D eigenvalue weighted by molar-refractivity contribution is 6.07. The lowest BCUT2D eigenvalue weighted by Gasteiger charge is -2.06. The van der Waals surface area contributed by atoms with Crippen LogP contribution in [0.15, 0.2) is 60.7 Å². The Balaban J connectivity index is 1.48. The van der Waals surface area contributed by atoms with Gasteiger partial charge in [-0.2, -0.15) is 0 Å². The molecule has 0 bridgehead atoms. The monoisotopic (exact) mass is 347 g/mol. The minimum Gasteiger partial charge on any atom is -0.399 e. The van der Waals surface area contributed by atoms with E-state index in [2.05, 4.69) is 10.3 Å². The normalized spacial score (nSPS) is 11.1. The average molecular weight is 347 g/mol. The van der Waals surface area contributed by atoms with Crippen molar-refractivity contribution >= 4 is 33.4 Å². The van der Waals surface area contributed by atoms with Gasteiger partial charge in [0.25, 0.3) is 0 Å². The van der Waals surface area contributed by atoms with Crippen LogP contribution in [0, 0.1) is 5.82 Å². The van der Waals surface area contributed by atoms with Crippen LogP contribution in [0.5, 0.6) is 0 Å². The van der Waals surface area contributed by atoms with E-state index < -0.39 is 0 Å². The number of carbonyl (C=O) groups is 1. The maximum atomic E-state index is 13.4. The van der Waals surface area contributed by atoms with Crippen LogP contribution in [0.3, 0.4) is 0 Å². The first kappa shape index (κ1) is 16.1. The van der Waals surface area contributed by atoms with Crippen molar-refractivity contribution in [2.24, 2.45) is 0 Å². The standard InChI is InChI=1S/C21H18FN3O/c22-15-4-8-18-17-7-3-14(9-19(17)25-20(18)11-15)10-21(26)24-12-13-1-5-16(23)6-2-13/h1-9,11,25H,10,12,23H2,(H,24,26). The number of carbonyl (C=O) groups excluding carboxylic acids is 1. The number of amides is 1. The van der Waals surface area contributed by atoms with Gasteiger partial charge in [0.1, 0.15) is 5.82 Å². The summed E-state index contributed by atoms with van der Waals surface area (Å²) >= 11 is 0. The van der Waals surface area contributed by atoms with Gasteiger partial charge in [-0.1, -0.05) is 24.3 Å². The molecule has 26 heavy (non-hydrogen) atoms. The first-order chi connectivity index (χ1) is 12.6. The fourth-order valence-corrected chi connectivity index (χ4v) is 3.12. The van der Waals surface area contributed by atoms with Crippen LogP contribution < -0.4 is 11.1 Å². The highest BCUT2D eigenvalue weighted by Gasteiger charge is 2.08. The Labute approximate surface area is 149 Å². The fraction of sp³-hybridized carbons (Fsp3) is 0.0952. The number of nitrogens with one attached hydrogen (secondary N) is 2. The fourth-order valence-electron chi connectivity index (χ4n) is 3.12. The SMILES string of the molecule is Nc1ccc(CNC(=O)Cc2ccc3c(c2)[nH]c2cc(F)ccc23)cc1. The Bertz CT molecular complexity index is 1100. The predicted octanol–water partition coefficient (Wildman–Crippen LogP) is 3.90. The third kappa shape index (κ3) is 3.24. The number of hydrogen-bond acceptors (Lipinski definition) is 2. The molecule has 0 atom stereocenters. The largest absolute Gasteiger partial charge is 0.399 e. The summed E-state index contributed by atoms with van der Waals surface area (Å²) in [6.07, 6.45) is 0.286. The highest BCUT2D eigenvalue weighted by Crippen LogP contribution is 2.26. The van der Waals surface area contributed by atoms with Crippen LogP contribution in [0.2, 0.25) is 0 Å². The first-order valence-corrected chi connectivity index (χ1v) is 8.39. The number of aromatic amines is 1. The molecule has 1 aromatic heterocycles. The zero-order chi connectivity index (χ0) is 18.1. The number of anilines is 1. The van der Waals surface area contributed by atoms with Crippen LogP contribution in [0.1, 0.15) is 11.1 Å². The molecule has 4 N–H and O–H groups in total. The van der Waals surface area contributed by atoms with E-state index in [4.69, 9.17) is 5.73 Å². The predicted molar refractivity (Wildman–Crippen MR) is 102 cm³/mol. The topological polar surface area (TPSA) is 70.9 Å². The Kier molecular flexibility index (Phi) is 4.05. The number of H-pyrrole nitrogens is 1. The number of hydrogen-bond donors (Lipinski definition) is 3. The maximum absolute atomic E-state index is 13.4. The van der Waals surface area contributed by atoms with Crippen LogP contribution in [0.25, 0.3) is 21.8 Å². The third-order valence-corrected chi connectivity index (χ3v) is 4.46. The molecule has 0 radical (unpaired) electrons.